The number of carbonyl (C=O) groups is 2. The predicted molar refractivity (Wildman–Crippen MR) is 36.4 cm³/mol. The van der Waals surface area contributed by atoms with E-state index in [0.29, 0.717) is 12.8 Å². The van der Waals surface area contributed by atoms with Gasteiger partial charge in [0.05, 0.1) is 11.8 Å². The van der Waals surface area contributed by atoms with Crippen molar-refractivity contribution in [2.24, 2.45) is 17.7 Å². The standard InChI is InChI=1S/C7H9NO4/c8-12-7(10)5-2-3-1-4(5)6(9)11-3/h3-5H,1-2,8H2. The van der Waals surface area contributed by atoms with Crippen molar-refractivity contribution >= 4 is 11.9 Å². The summed E-state index contributed by atoms with van der Waals surface area (Å²) in [5.74, 6) is 3.25. The summed E-state index contributed by atoms with van der Waals surface area (Å²) in [6, 6.07) is 0. The third kappa shape index (κ3) is 0.896. The van der Waals surface area contributed by atoms with Crippen molar-refractivity contribution in [1.82, 2.24) is 0 Å². The molecule has 0 spiro atoms. The molecule has 1 aliphatic carbocycles. The summed E-state index contributed by atoms with van der Waals surface area (Å²) < 4.78 is 4.90. The molecule has 1 heterocycles. The van der Waals surface area contributed by atoms with Crippen LogP contribution in [-0.2, 0) is 19.2 Å². The van der Waals surface area contributed by atoms with Crippen molar-refractivity contribution in [2.75, 3.05) is 0 Å². The number of rotatable bonds is 1. The lowest BCUT2D eigenvalue weighted by Crippen LogP contribution is -2.31. The van der Waals surface area contributed by atoms with E-state index in [1.54, 1.807) is 0 Å². The molecule has 12 heavy (non-hydrogen) atoms. The fourth-order valence-corrected chi connectivity index (χ4v) is 1.95. The minimum Gasteiger partial charge on any atom is -0.462 e. The Balaban J connectivity index is 2.12. The Bertz CT molecular complexity index is 240. The fourth-order valence-electron chi connectivity index (χ4n) is 1.95. The molecule has 2 rings (SSSR count). The maximum absolute atomic E-state index is 11.0. The molecule has 5 heteroatoms. The summed E-state index contributed by atoms with van der Waals surface area (Å²) in [5.41, 5.74) is 0. The van der Waals surface area contributed by atoms with Gasteiger partial charge in [-0.05, 0) is 12.8 Å². The molecular formula is C7H9NO4. The fraction of sp³-hybridized carbons (Fsp3) is 0.714. The highest BCUT2D eigenvalue weighted by molar-refractivity contribution is 5.84. The van der Waals surface area contributed by atoms with Crippen LogP contribution in [0.3, 0.4) is 0 Å². The molecular weight excluding hydrogens is 162 g/mol. The maximum atomic E-state index is 11.0. The number of fused-ring (bicyclic) bond motifs is 2. The average molecular weight is 171 g/mol. The van der Waals surface area contributed by atoms with Gasteiger partial charge in [0.1, 0.15) is 6.10 Å². The summed E-state index contributed by atoms with van der Waals surface area (Å²) in [6.07, 6.45) is 1.11. The van der Waals surface area contributed by atoms with E-state index in [1.807, 2.05) is 0 Å². The summed E-state index contributed by atoms with van der Waals surface area (Å²) in [4.78, 5) is 26.1. The van der Waals surface area contributed by atoms with Crippen molar-refractivity contribution in [1.29, 1.82) is 0 Å². The number of nitrogens with two attached hydrogens (primary N) is 1. The van der Waals surface area contributed by atoms with Gasteiger partial charge in [0.15, 0.2) is 0 Å². The Kier molecular flexibility index (Phi) is 1.54. The van der Waals surface area contributed by atoms with Crippen LogP contribution in [0.5, 0.6) is 0 Å². The zero-order valence-electron chi connectivity index (χ0n) is 6.36. The van der Waals surface area contributed by atoms with Crippen LogP contribution in [0.4, 0.5) is 0 Å². The lowest BCUT2D eigenvalue weighted by atomic mass is 9.96. The number of hydrogen-bond acceptors (Lipinski definition) is 5. The molecule has 0 aromatic rings. The van der Waals surface area contributed by atoms with Crippen LogP contribution in [0.2, 0.25) is 0 Å². The summed E-state index contributed by atoms with van der Waals surface area (Å²) in [7, 11) is 0. The average Bonchev–Trinajstić information content (AvgIpc) is 2.60. The molecule has 0 amide bonds. The van der Waals surface area contributed by atoms with Crippen molar-refractivity contribution in [3.8, 4) is 0 Å². The van der Waals surface area contributed by atoms with Gasteiger partial charge < -0.3 is 9.57 Å². The molecule has 5 nitrogen and oxygen atoms in total. The second-order valence-electron chi connectivity index (χ2n) is 3.18. The largest absolute Gasteiger partial charge is 0.462 e. The van der Waals surface area contributed by atoms with Crippen molar-refractivity contribution < 1.29 is 19.2 Å². The molecule has 2 N–H and O–H groups in total. The van der Waals surface area contributed by atoms with Gasteiger partial charge in [-0.3, -0.25) is 9.59 Å². The van der Waals surface area contributed by atoms with Gasteiger partial charge in [0, 0.05) is 0 Å². The second kappa shape index (κ2) is 2.45. The predicted octanol–water partition coefficient (Wildman–Crippen LogP) is -0.645. The first kappa shape index (κ1) is 7.54. The topological polar surface area (TPSA) is 78.6 Å². The molecule has 66 valence electrons. The van der Waals surface area contributed by atoms with E-state index in [4.69, 9.17) is 10.6 Å². The Hall–Kier alpha value is -1.10. The molecule has 2 aliphatic rings. The summed E-state index contributed by atoms with van der Waals surface area (Å²) >= 11 is 0. The Morgan fingerprint density at radius 1 is 1.58 bits per heavy atom. The molecule has 0 radical (unpaired) electrons. The van der Waals surface area contributed by atoms with E-state index in [0.717, 1.165) is 0 Å². The van der Waals surface area contributed by atoms with Crippen molar-refractivity contribution in [3.05, 3.63) is 0 Å². The number of hydrogen-bond donors (Lipinski definition) is 1. The van der Waals surface area contributed by atoms with Crippen LogP contribution < -0.4 is 5.90 Å². The molecule has 3 atom stereocenters. The SMILES string of the molecule is NOC(=O)C1CC2CC1C(=O)O2. The molecule has 1 aliphatic heterocycles. The smallest absolute Gasteiger partial charge is 0.328 e. The third-order valence-corrected chi connectivity index (χ3v) is 2.52. The lowest BCUT2D eigenvalue weighted by Gasteiger charge is -2.17. The van der Waals surface area contributed by atoms with Crippen LogP contribution in [0.1, 0.15) is 12.8 Å². The van der Waals surface area contributed by atoms with Gasteiger partial charge in [-0.2, -0.15) is 5.90 Å². The van der Waals surface area contributed by atoms with Gasteiger partial charge in [0.25, 0.3) is 0 Å². The Morgan fingerprint density at radius 3 is 2.83 bits per heavy atom. The van der Waals surface area contributed by atoms with E-state index < -0.39 is 5.97 Å². The van der Waals surface area contributed by atoms with Crippen molar-refractivity contribution in [3.63, 3.8) is 0 Å². The normalized spacial score (nSPS) is 38.1. The minimum atomic E-state index is -0.501. The Labute approximate surface area is 68.8 Å². The monoisotopic (exact) mass is 171 g/mol. The van der Waals surface area contributed by atoms with E-state index in [9.17, 15) is 9.59 Å². The number of carbonyl (C=O) groups excluding carboxylic acids is 2. The first-order chi connectivity index (χ1) is 5.72. The van der Waals surface area contributed by atoms with Crippen LogP contribution >= 0.6 is 0 Å². The van der Waals surface area contributed by atoms with Crippen LogP contribution in [-0.4, -0.2) is 18.0 Å². The van der Waals surface area contributed by atoms with Crippen LogP contribution in [0.25, 0.3) is 0 Å². The lowest BCUT2D eigenvalue weighted by molar-refractivity contribution is -0.162. The van der Waals surface area contributed by atoms with E-state index >= 15 is 0 Å². The number of esters is 1. The first-order valence-electron chi connectivity index (χ1n) is 3.83. The van der Waals surface area contributed by atoms with E-state index in [2.05, 4.69) is 4.84 Å². The quantitative estimate of drug-likeness (QED) is 0.419. The highest BCUT2D eigenvalue weighted by Gasteiger charge is 2.51. The third-order valence-electron chi connectivity index (χ3n) is 2.52. The molecule has 2 bridgehead atoms. The van der Waals surface area contributed by atoms with Gasteiger partial charge in [-0.15, -0.1) is 0 Å². The first-order valence-corrected chi connectivity index (χ1v) is 3.83. The molecule has 3 unspecified atom stereocenters. The van der Waals surface area contributed by atoms with E-state index in [-0.39, 0.29) is 23.9 Å². The zero-order valence-corrected chi connectivity index (χ0v) is 6.36. The van der Waals surface area contributed by atoms with Crippen molar-refractivity contribution in [2.45, 2.75) is 18.9 Å². The molecule has 0 aromatic carbocycles. The van der Waals surface area contributed by atoms with Gasteiger partial charge in [-0.25, -0.2) is 0 Å². The minimum absolute atomic E-state index is 0.0911. The number of ether oxygens (including phenoxy) is 1. The highest BCUT2D eigenvalue weighted by Crippen LogP contribution is 2.41. The zero-order chi connectivity index (χ0) is 8.72. The molecule has 1 saturated heterocycles. The van der Waals surface area contributed by atoms with Crippen LogP contribution in [0.15, 0.2) is 0 Å². The van der Waals surface area contributed by atoms with Gasteiger partial charge >= 0.3 is 11.9 Å². The molecule has 1 saturated carbocycles. The summed E-state index contributed by atoms with van der Waals surface area (Å²) in [6.45, 7) is 0. The maximum Gasteiger partial charge on any atom is 0.328 e. The van der Waals surface area contributed by atoms with E-state index in [1.165, 1.54) is 0 Å². The van der Waals surface area contributed by atoms with Gasteiger partial charge in [0.2, 0.25) is 0 Å². The highest BCUT2D eigenvalue weighted by atomic mass is 16.7. The Morgan fingerprint density at radius 2 is 2.33 bits per heavy atom. The van der Waals surface area contributed by atoms with Crippen LogP contribution in [0, 0.1) is 11.8 Å². The molecule has 2 fully saturated rings. The van der Waals surface area contributed by atoms with Gasteiger partial charge in [-0.1, -0.05) is 0 Å². The molecule has 0 aromatic heterocycles. The second-order valence-corrected chi connectivity index (χ2v) is 3.18. The summed E-state index contributed by atoms with van der Waals surface area (Å²) in [5, 5.41) is 0.